The third kappa shape index (κ3) is 2.82. The lowest BCUT2D eigenvalue weighted by Gasteiger charge is -2.31. The fourth-order valence-corrected chi connectivity index (χ4v) is 6.98. The first kappa shape index (κ1) is 16.4. The monoisotopic (exact) mass is 352 g/mol. The van der Waals surface area contributed by atoms with Gasteiger partial charge in [-0.15, -0.1) is 11.6 Å². The number of hydrogen-bond acceptors (Lipinski definition) is 2. The second-order valence-electron chi connectivity index (χ2n) is 4.90. The summed E-state index contributed by atoms with van der Waals surface area (Å²) in [7, 11) is -1.44. The van der Waals surface area contributed by atoms with Crippen LogP contribution in [-0.2, 0) is 9.30 Å². The Hall–Kier alpha value is 0.0200. The van der Waals surface area contributed by atoms with E-state index in [4.69, 9.17) is 39.5 Å². The van der Waals surface area contributed by atoms with Crippen molar-refractivity contribution < 1.29 is 9.30 Å². The minimum Gasteiger partial charge on any atom is -0.377 e. The number of methoxy groups -OCH3 is 1. The van der Waals surface area contributed by atoms with Crippen molar-refractivity contribution in [3.05, 3.63) is 42.0 Å². The summed E-state index contributed by atoms with van der Waals surface area (Å²) in [5.41, 5.74) is 0.668. The molecule has 0 radical (unpaired) electrons. The number of allylic oxidation sites excluding steroid dienone is 1. The van der Waals surface area contributed by atoms with Crippen LogP contribution in [0.25, 0.3) is 0 Å². The lowest BCUT2D eigenvalue weighted by molar-refractivity contribution is 0.158. The normalized spacial score (nSPS) is 33.4. The molecule has 0 aromatic heterocycles. The number of hydrogen-bond donors (Lipinski definition) is 0. The van der Waals surface area contributed by atoms with Gasteiger partial charge in [0.25, 0.3) is 0 Å². The van der Waals surface area contributed by atoms with Gasteiger partial charge in [0.15, 0.2) is 4.33 Å². The summed E-state index contributed by atoms with van der Waals surface area (Å²) in [6.07, 6.45) is 1.78. The summed E-state index contributed by atoms with van der Waals surface area (Å²) in [6.45, 7) is 1.78. The van der Waals surface area contributed by atoms with Crippen molar-refractivity contribution in [3.63, 3.8) is 0 Å². The molecule has 1 aliphatic heterocycles. The van der Waals surface area contributed by atoms with Crippen LogP contribution in [0.2, 0.25) is 0 Å². The van der Waals surface area contributed by atoms with E-state index in [0.29, 0.717) is 17.0 Å². The number of ether oxygens (including phenoxy) is 1. The van der Waals surface area contributed by atoms with Gasteiger partial charge < -0.3 is 9.30 Å². The molecule has 2 rings (SSSR count). The predicted octanol–water partition coefficient (Wildman–Crippen LogP) is 4.39. The molecule has 3 unspecified atom stereocenters. The predicted molar refractivity (Wildman–Crippen MR) is 87.2 cm³/mol. The molecule has 0 saturated heterocycles. The Labute approximate surface area is 134 Å². The van der Waals surface area contributed by atoms with Gasteiger partial charge in [0.05, 0.1) is 6.10 Å². The van der Waals surface area contributed by atoms with Crippen LogP contribution in [0.4, 0.5) is 0 Å². The van der Waals surface area contributed by atoms with Crippen LogP contribution < -0.4 is 5.30 Å². The third-order valence-electron chi connectivity index (χ3n) is 3.57. The van der Waals surface area contributed by atoms with Crippen LogP contribution in [-0.4, -0.2) is 28.8 Å². The van der Waals surface area contributed by atoms with Gasteiger partial charge in [-0.1, -0.05) is 59.6 Å². The molecule has 2 nitrogen and oxygen atoms in total. The second-order valence-corrected chi connectivity index (χ2v) is 10.0. The van der Waals surface area contributed by atoms with E-state index >= 15 is 0 Å². The highest BCUT2D eigenvalue weighted by Gasteiger charge is 2.50. The van der Waals surface area contributed by atoms with Crippen LogP contribution in [0.5, 0.6) is 0 Å². The first-order valence-corrected chi connectivity index (χ1v) is 9.35. The van der Waals surface area contributed by atoms with Crippen molar-refractivity contribution in [1.29, 1.82) is 0 Å². The molecule has 1 aromatic carbocycles. The first-order chi connectivity index (χ1) is 9.32. The van der Waals surface area contributed by atoms with E-state index < -0.39 is 16.6 Å². The highest BCUT2D eigenvalue weighted by Crippen LogP contribution is 2.61. The van der Waals surface area contributed by atoms with E-state index in [1.54, 1.807) is 32.2 Å². The summed E-state index contributed by atoms with van der Waals surface area (Å²) >= 11 is 19.2. The smallest absolute Gasteiger partial charge is 0.162 e. The maximum atomic E-state index is 13.5. The first-order valence-electron chi connectivity index (χ1n) is 6.20. The Morgan fingerprint density at radius 3 is 2.45 bits per heavy atom. The van der Waals surface area contributed by atoms with Gasteiger partial charge in [-0.05, 0) is 12.5 Å². The number of rotatable bonds is 2. The number of halogens is 3. The average molecular weight is 354 g/mol. The molecular formula is C14H16Cl3O2P. The van der Waals surface area contributed by atoms with Gasteiger partial charge in [-0.25, -0.2) is 0 Å². The largest absolute Gasteiger partial charge is 0.377 e. The summed E-state index contributed by atoms with van der Waals surface area (Å²) in [6, 6.07) is 9.12. The van der Waals surface area contributed by atoms with E-state index in [1.165, 1.54) is 0 Å². The van der Waals surface area contributed by atoms with Crippen molar-refractivity contribution in [3.8, 4) is 0 Å². The molecule has 6 heteroatoms. The molecule has 1 aromatic rings. The van der Waals surface area contributed by atoms with Crippen LogP contribution in [0, 0.1) is 0 Å². The molecule has 0 fully saturated rings. The lowest BCUT2D eigenvalue weighted by Crippen LogP contribution is -2.31. The van der Waals surface area contributed by atoms with E-state index in [-0.39, 0.29) is 6.10 Å². The Balaban J connectivity index is 2.56. The maximum absolute atomic E-state index is 13.5. The minimum absolute atomic E-state index is 0.292. The Bertz CT molecular complexity index is 557. The standard InChI is InChI=1S/C14H16Cl3O2P/c1-10-8-11(19-2)9-20(18,13(15)14(10,16)17)12-6-4-3-5-7-12/h3-8,11,13H,9H2,1-2H3. The van der Waals surface area contributed by atoms with E-state index in [0.717, 1.165) is 0 Å². The molecule has 0 saturated carbocycles. The molecule has 0 N–H and O–H groups in total. The number of alkyl halides is 3. The fraction of sp³-hybridized carbons (Fsp3) is 0.429. The zero-order valence-corrected chi connectivity index (χ0v) is 14.4. The molecule has 0 amide bonds. The molecule has 1 aliphatic rings. The van der Waals surface area contributed by atoms with Crippen molar-refractivity contribution in [2.24, 2.45) is 0 Å². The van der Waals surface area contributed by atoms with Gasteiger partial charge in [-0.3, -0.25) is 0 Å². The van der Waals surface area contributed by atoms with Gasteiger partial charge in [0, 0.05) is 18.6 Å². The highest BCUT2D eigenvalue weighted by atomic mass is 35.5. The molecule has 1 heterocycles. The van der Waals surface area contributed by atoms with E-state index in [9.17, 15) is 4.57 Å². The third-order valence-corrected chi connectivity index (χ3v) is 9.60. The van der Waals surface area contributed by atoms with Crippen LogP contribution in [0.15, 0.2) is 42.0 Å². The molecule has 3 atom stereocenters. The summed E-state index contributed by atoms with van der Waals surface area (Å²) in [5.74, 6) is 0. The molecule has 0 aliphatic carbocycles. The summed E-state index contributed by atoms with van der Waals surface area (Å²) < 4.78 is 17.5. The van der Waals surface area contributed by atoms with Gasteiger partial charge in [0.2, 0.25) is 0 Å². The van der Waals surface area contributed by atoms with Gasteiger partial charge in [0.1, 0.15) is 12.3 Å². The SMILES string of the molecule is COC1C=C(C)C(Cl)(Cl)C(Cl)P(=O)(c2ccccc2)C1. The van der Waals surface area contributed by atoms with E-state index in [2.05, 4.69) is 0 Å². The maximum Gasteiger partial charge on any atom is 0.162 e. The van der Waals surface area contributed by atoms with Crippen molar-refractivity contribution >= 4 is 47.2 Å². The number of benzene rings is 1. The van der Waals surface area contributed by atoms with Crippen molar-refractivity contribution in [2.45, 2.75) is 22.5 Å². The summed E-state index contributed by atoms with van der Waals surface area (Å²) in [5, 5.41) is -0.215. The van der Waals surface area contributed by atoms with Crippen LogP contribution in [0.1, 0.15) is 6.92 Å². The molecule has 20 heavy (non-hydrogen) atoms. The minimum atomic E-state index is -3.01. The highest BCUT2D eigenvalue weighted by molar-refractivity contribution is 7.74. The fourth-order valence-electron chi connectivity index (χ4n) is 2.31. The van der Waals surface area contributed by atoms with Crippen molar-refractivity contribution in [1.82, 2.24) is 0 Å². The molecular weight excluding hydrogens is 337 g/mol. The molecule has 0 bridgehead atoms. The second kappa shape index (κ2) is 6.02. The van der Waals surface area contributed by atoms with E-state index in [1.807, 2.05) is 18.2 Å². The quantitative estimate of drug-likeness (QED) is 0.448. The lowest BCUT2D eigenvalue weighted by atomic mass is 10.2. The molecule has 110 valence electrons. The Morgan fingerprint density at radius 2 is 1.90 bits per heavy atom. The van der Waals surface area contributed by atoms with Gasteiger partial charge in [-0.2, -0.15) is 0 Å². The average Bonchev–Trinajstić information content (AvgIpc) is 2.51. The molecule has 0 spiro atoms. The van der Waals surface area contributed by atoms with Gasteiger partial charge >= 0.3 is 0 Å². The van der Waals surface area contributed by atoms with Crippen LogP contribution in [0.3, 0.4) is 0 Å². The zero-order valence-electron chi connectivity index (χ0n) is 11.2. The summed E-state index contributed by atoms with van der Waals surface area (Å²) in [4.78, 5) is 0. The zero-order chi connectivity index (χ0) is 15.0. The topological polar surface area (TPSA) is 26.3 Å². The Kier molecular flexibility index (Phi) is 4.94. The Morgan fingerprint density at radius 1 is 1.30 bits per heavy atom. The van der Waals surface area contributed by atoms with Crippen LogP contribution >= 0.6 is 41.9 Å². The van der Waals surface area contributed by atoms with Crippen molar-refractivity contribution in [2.75, 3.05) is 13.3 Å².